The van der Waals surface area contributed by atoms with Gasteiger partial charge in [-0.15, -0.1) is 17.8 Å². The Balaban J connectivity index is 3.36. The molecule has 0 N–H and O–H groups in total. The molecule has 0 aliphatic heterocycles. The molecule has 0 spiro atoms. The lowest BCUT2D eigenvalue weighted by molar-refractivity contribution is 0.503. The van der Waals surface area contributed by atoms with Crippen LogP contribution in [0.1, 0.15) is 0 Å². The van der Waals surface area contributed by atoms with Crippen molar-refractivity contribution in [3.05, 3.63) is 10.4 Å². The number of hydrogen-bond acceptors (Lipinski definition) is 5. The minimum absolute atomic E-state index is 0.0971. The van der Waals surface area contributed by atoms with Gasteiger partial charge in [0, 0.05) is 13.3 Å². The zero-order valence-electron chi connectivity index (χ0n) is 9.54. The average Bonchev–Trinajstić information content (AvgIpc) is 2.60. The molecule has 5 nitrogen and oxygen atoms in total. The third-order valence-electron chi connectivity index (χ3n) is 2.00. The predicted octanol–water partition coefficient (Wildman–Crippen LogP) is 1.06. The van der Waals surface area contributed by atoms with E-state index in [-0.39, 0.29) is 20.0 Å². The molecule has 0 aliphatic rings. The topological polar surface area (TPSA) is 71.5 Å². The van der Waals surface area contributed by atoms with E-state index in [4.69, 9.17) is 18.0 Å². The summed E-state index contributed by atoms with van der Waals surface area (Å²) in [5.74, 6) is 2.19. The monoisotopic (exact) mass is 327 g/mol. The highest BCUT2D eigenvalue weighted by Crippen LogP contribution is 2.35. The number of sulfone groups is 1. The smallest absolute Gasteiger partial charge is 0.223 e. The molecule has 9 heteroatoms. The van der Waals surface area contributed by atoms with Crippen molar-refractivity contribution in [1.82, 2.24) is 4.31 Å². The average molecular weight is 328 g/mol. The first kappa shape index (κ1) is 15.5. The van der Waals surface area contributed by atoms with Crippen LogP contribution in [0.15, 0.2) is 15.2 Å². The predicted molar refractivity (Wildman–Crippen MR) is 71.1 cm³/mol. The van der Waals surface area contributed by atoms with Crippen LogP contribution in [-0.4, -0.2) is 41.0 Å². The highest BCUT2D eigenvalue weighted by Gasteiger charge is 2.27. The molecule has 1 heterocycles. The third kappa shape index (κ3) is 3.05. The van der Waals surface area contributed by atoms with Crippen molar-refractivity contribution in [3.63, 3.8) is 0 Å². The number of halogens is 1. The summed E-state index contributed by atoms with van der Waals surface area (Å²) in [7, 11) is -6.06. The molecule has 0 aliphatic carbocycles. The molecule has 0 unspecified atom stereocenters. The summed E-state index contributed by atoms with van der Waals surface area (Å²) in [4.78, 5) is -0.243. The van der Waals surface area contributed by atoms with E-state index in [9.17, 15) is 16.8 Å². The van der Waals surface area contributed by atoms with Crippen molar-refractivity contribution >= 4 is 42.8 Å². The normalized spacial score (nSPS) is 12.6. The molecular formula is C9H10ClNO4S3. The van der Waals surface area contributed by atoms with E-state index in [1.54, 1.807) is 0 Å². The van der Waals surface area contributed by atoms with Gasteiger partial charge in [0.1, 0.15) is 13.4 Å². The Kier molecular flexibility index (Phi) is 4.46. The van der Waals surface area contributed by atoms with Crippen LogP contribution in [0.5, 0.6) is 0 Å². The second-order valence-electron chi connectivity index (χ2n) is 3.44. The summed E-state index contributed by atoms with van der Waals surface area (Å²) in [6.45, 7) is -0.122. The number of sulfonamides is 1. The molecule has 1 rings (SSSR count). The Morgan fingerprint density at radius 2 is 2.00 bits per heavy atom. The quantitative estimate of drug-likeness (QED) is 0.775. The lowest BCUT2D eigenvalue weighted by atomic mass is 10.7. The first-order chi connectivity index (χ1) is 8.10. The number of nitrogens with zero attached hydrogens (tertiary/aromatic N) is 1. The second-order valence-corrected chi connectivity index (χ2v) is 9.35. The van der Waals surface area contributed by atoms with Gasteiger partial charge in [0.05, 0.1) is 6.54 Å². The van der Waals surface area contributed by atoms with E-state index in [0.29, 0.717) is 11.3 Å². The van der Waals surface area contributed by atoms with E-state index in [0.717, 1.165) is 16.6 Å². The molecule has 0 amide bonds. The van der Waals surface area contributed by atoms with Crippen molar-refractivity contribution in [1.29, 1.82) is 0 Å². The van der Waals surface area contributed by atoms with Crippen LogP contribution < -0.4 is 0 Å². The molecule has 0 saturated heterocycles. The standard InChI is InChI=1S/C9H10ClNO4S3/c1-4-5-11(2)18(14,15)7-6-8(16-9(7)10)17(3,12)13/h1,6H,5H2,2-3H3. The highest BCUT2D eigenvalue weighted by molar-refractivity contribution is 7.93. The van der Waals surface area contributed by atoms with Crippen molar-refractivity contribution in [2.45, 2.75) is 9.10 Å². The van der Waals surface area contributed by atoms with E-state index >= 15 is 0 Å². The Hall–Kier alpha value is -0.590. The summed E-state index contributed by atoms with van der Waals surface area (Å²) in [6, 6.07) is 1.05. The van der Waals surface area contributed by atoms with Crippen molar-refractivity contribution in [2.24, 2.45) is 0 Å². The van der Waals surface area contributed by atoms with Gasteiger partial charge < -0.3 is 0 Å². The van der Waals surface area contributed by atoms with Crippen LogP contribution in [0.2, 0.25) is 4.34 Å². The fraction of sp³-hybridized carbons (Fsp3) is 0.333. The lowest BCUT2D eigenvalue weighted by Crippen LogP contribution is -2.27. The van der Waals surface area contributed by atoms with E-state index < -0.39 is 19.9 Å². The number of terminal acetylenes is 1. The maximum atomic E-state index is 12.0. The summed E-state index contributed by atoms with van der Waals surface area (Å²) in [5.41, 5.74) is 0. The van der Waals surface area contributed by atoms with Gasteiger partial charge in [-0.3, -0.25) is 0 Å². The number of hydrogen-bond donors (Lipinski definition) is 0. The molecule has 0 aromatic carbocycles. The summed E-state index contributed by atoms with van der Waals surface area (Å²) in [6.07, 6.45) is 6.02. The summed E-state index contributed by atoms with van der Waals surface area (Å²) < 4.78 is 47.5. The summed E-state index contributed by atoms with van der Waals surface area (Å²) >= 11 is 6.48. The van der Waals surface area contributed by atoms with Crippen molar-refractivity contribution < 1.29 is 16.8 Å². The van der Waals surface area contributed by atoms with E-state index in [1.165, 1.54) is 7.05 Å². The Morgan fingerprint density at radius 1 is 1.44 bits per heavy atom. The van der Waals surface area contributed by atoms with Gasteiger partial charge >= 0.3 is 0 Å². The van der Waals surface area contributed by atoms with Gasteiger partial charge in [0.15, 0.2) is 9.84 Å². The summed E-state index contributed by atoms with van der Waals surface area (Å²) in [5, 5.41) is 0. The highest BCUT2D eigenvalue weighted by atomic mass is 35.5. The Morgan fingerprint density at radius 3 is 2.39 bits per heavy atom. The van der Waals surface area contributed by atoms with E-state index in [2.05, 4.69) is 5.92 Å². The molecular weight excluding hydrogens is 318 g/mol. The fourth-order valence-electron chi connectivity index (χ4n) is 1.07. The van der Waals surface area contributed by atoms with Crippen LogP contribution in [0.4, 0.5) is 0 Å². The van der Waals surface area contributed by atoms with Gasteiger partial charge in [-0.25, -0.2) is 16.8 Å². The van der Waals surface area contributed by atoms with Gasteiger partial charge in [-0.05, 0) is 6.07 Å². The molecule has 0 fully saturated rings. The molecule has 100 valence electrons. The molecule has 1 aromatic heterocycles. The van der Waals surface area contributed by atoms with Gasteiger partial charge in [0.2, 0.25) is 10.0 Å². The van der Waals surface area contributed by atoms with Crippen LogP contribution in [0.25, 0.3) is 0 Å². The fourth-order valence-corrected chi connectivity index (χ4v) is 5.15. The van der Waals surface area contributed by atoms with Crippen molar-refractivity contribution in [3.8, 4) is 12.3 Å². The van der Waals surface area contributed by atoms with Crippen LogP contribution in [-0.2, 0) is 19.9 Å². The first-order valence-electron chi connectivity index (χ1n) is 4.50. The number of thiophene rings is 1. The van der Waals surface area contributed by atoms with Crippen molar-refractivity contribution in [2.75, 3.05) is 19.8 Å². The van der Waals surface area contributed by atoms with E-state index in [1.807, 2.05) is 0 Å². The van der Waals surface area contributed by atoms with Crippen LogP contribution in [0, 0.1) is 12.3 Å². The van der Waals surface area contributed by atoms with Gasteiger partial charge in [-0.2, -0.15) is 4.31 Å². The van der Waals surface area contributed by atoms with Crippen LogP contribution >= 0.6 is 22.9 Å². The van der Waals surface area contributed by atoms with Gasteiger partial charge in [-0.1, -0.05) is 17.5 Å². The lowest BCUT2D eigenvalue weighted by Gasteiger charge is -2.12. The second kappa shape index (κ2) is 5.19. The third-order valence-corrected chi connectivity index (χ3v) is 7.23. The molecule has 0 bridgehead atoms. The van der Waals surface area contributed by atoms with Gasteiger partial charge in [0.25, 0.3) is 0 Å². The molecule has 0 saturated carbocycles. The molecule has 18 heavy (non-hydrogen) atoms. The van der Waals surface area contributed by atoms with Crippen LogP contribution in [0.3, 0.4) is 0 Å². The maximum absolute atomic E-state index is 12.0. The largest absolute Gasteiger partial charge is 0.246 e. The minimum atomic E-state index is -3.87. The Labute approximate surface area is 115 Å². The molecule has 0 atom stereocenters. The number of rotatable bonds is 4. The SMILES string of the molecule is C#CCN(C)S(=O)(=O)c1cc(S(C)(=O)=O)sc1Cl. The zero-order chi connectivity index (χ0) is 14.1. The first-order valence-corrected chi connectivity index (χ1v) is 9.02. The molecule has 1 aromatic rings. The zero-order valence-corrected chi connectivity index (χ0v) is 12.8. The Bertz CT molecular complexity index is 697. The maximum Gasteiger partial charge on any atom is 0.246 e. The minimum Gasteiger partial charge on any atom is -0.223 e. The molecule has 0 radical (unpaired) electrons.